The summed E-state index contributed by atoms with van der Waals surface area (Å²) >= 11 is 0. The van der Waals surface area contributed by atoms with Crippen LogP contribution < -0.4 is 19.7 Å². The molecule has 0 aromatic heterocycles. The number of para-hydroxylation sites is 1. The standard InChI is InChI=1S/C27H31N3O5S/c1-5-20(3)28-27(32)24-8-6-7-9-25(24)29-26(31)18-30(21-12-10-19(2)11-13-21)36(33,34)23-16-14-22(35-4)15-17-23/h6-17,20H,5,18H2,1-4H3,(H,28,32)(H,29,31)/t20-/m1/s1. The van der Waals surface area contributed by atoms with Crippen molar-refractivity contribution in [2.75, 3.05) is 23.3 Å². The first-order chi connectivity index (χ1) is 17.1. The molecule has 0 aliphatic carbocycles. The summed E-state index contributed by atoms with van der Waals surface area (Å²) in [5.41, 5.74) is 1.89. The number of hydrogen-bond acceptors (Lipinski definition) is 5. The lowest BCUT2D eigenvalue weighted by molar-refractivity contribution is -0.114. The molecule has 9 heteroatoms. The SMILES string of the molecule is CC[C@@H](C)NC(=O)c1ccccc1NC(=O)CN(c1ccc(C)cc1)S(=O)(=O)c1ccc(OC)cc1. The van der Waals surface area contributed by atoms with E-state index in [1.807, 2.05) is 20.8 Å². The van der Waals surface area contributed by atoms with Crippen LogP contribution >= 0.6 is 0 Å². The van der Waals surface area contributed by atoms with E-state index in [0.717, 1.165) is 16.3 Å². The van der Waals surface area contributed by atoms with E-state index in [0.29, 0.717) is 22.7 Å². The first-order valence-electron chi connectivity index (χ1n) is 11.6. The van der Waals surface area contributed by atoms with E-state index in [-0.39, 0.29) is 16.8 Å². The third-order valence-corrected chi connectivity index (χ3v) is 7.48. The second kappa shape index (κ2) is 11.7. The van der Waals surface area contributed by atoms with Gasteiger partial charge in [0.1, 0.15) is 12.3 Å². The monoisotopic (exact) mass is 509 g/mol. The van der Waals surface area contributed by atoms with Crippen LogP contribution in [0.2, 0.25) is 0 Å². The molecule has 0 bridgehead atoms. The molecule has 2 amide bonds. The van der Waals surface area contributed by atoms with Crippen LogP contribution in [-0.4, -0.2) is 39.9 Å². The molecule has 0 radical (unpaired) electrons. The van der Waals surface area contributed by atoms with Crippen molar-refractivity contribution >= 4 is 33.2 Å². The largest absolute Gasteiger partial charge is 0.497 e. The average molecular weight is 510 g/mol. The first kappa shape index (κ1) is 26.7. The van der Waals surface area contributed by atoms with Gasteiger partial charge in [-0.3, -0.25) is 13.9 Å². The summed E-state index contributed by atoms with van der Waals surface area (Å²) in [7, 11) is -2.59. The summed E-state index contributed by atoms with van der Waals surface area (Å²) in [5, 5.41) is 5.59. The second-order valence-electron chi connectivity index (χ2n) is 8.40. The highest BCUT2D eigenvalue weighted by Gasteiger charge is 2.28. The Morgan fingerprint density at radius 2 is 1.61 bits per heavy atom. The van der Waals surface area contributed by atoms with Gasteiger partial charge in [-0.15, -0.1) is 0 Å². The molecule has 3 aromatic rings. The van der Waals surface area contributed by atoms with Crippen LogP contribution in [0, 0.1) is 6.92 Å². The lowest BCUT2D eigenvalue weighted by Gasteiger charge is -2.24. The predicted octanol–water partition coefficient (Wildman–Crippen LogP) is 4.37. The third kappa shape index (κ3) is 6.42. The number of nitrogens with zero attached hydrogens (tertiary/aromatic N) is 1. The maximum absolute atomic E-state index is 13.6. The molecule has 0 heterocycles. The first-order valence-corrected chi connectivity index (χ1v) is 13.0. The highest BCUT2D eigenvalue weighted by atomic mass is 32.2. The van der Waals surface area contributed by atoms with Crippen molar-refractivity contribution < 1.29 is 22.7 Å². The Balaban J connectivity index is 1.91. The van der Waals surface area contributed by atoms with Crippen LogP contribution in [0.25, 0.3) is 0 Å². The number of ether oxygens (including phenoxy) is 1. The number of aryl methyl sites for hydroxylation is 1. The van der Waals surface area contributed by atoms with Crippen LogP contribution in [0.5, 0.6) is 5.75 Å². The Morgan fingerprint density at radius 3 is 2.22 bits per heavy atom. The molecular formula is C27H31N3O5S. The van der Waals surface area contributed by atoms with E-state index in [1.165, 1.54) is 19.2 Å². The lowest BCUT2D eigenvalue weighted by Crippen LogP contribution is -2.38. The Bertz CT molecular complexity index is 1310. The molecule has 0 saturated heterocycles. The van der Waals surface area contributed by atoms with Gasteiger partial charge in [-0.2, -0.15) is 0 Å². The Morgan fingerprint density at radius 1 is 0.972 bits per heavy atom. The van der Waals surface area contributed by atoms with Gasteiger partial charge in [-0.1, -0.05) is 36.8 Å². The Labute approximate surface area is 212 Å². The lowest BCUT2D eigenvalue weighted by atomic mass is 10.1. The molecule has 2 N–H and O–H groups in total. The van der Waals surface area contributed by atoms with Gasteiger partial charge in [-0.25, -0.2) is 8.42 Å². The number of sulfonamides is 1. The molecule has 190 valence electrons. The minimum atomic E-state index is -4.09. The molecule has 1 atom stereocenters. The van der Waals surface area contributed by atoms with E-state index in [9.17, 15) is 18.0 Å². The van der Waals surface area contributed by atoms with Gasteiger partial charge in [0, 0.05) is 6.04 Å². The van der Waals surface area contributed by atoms with Crippen molar-refractivity contribution in [2.24, 2.45) is 0 Å². The van der Waals surface area contributed by atoms with Crippen molar-refractivity contribution in [3.05, 3.63) is 83.9 Å². The van der Waals surface area contributed by atoms with Gasteiger partial charge >= 0.3 is 0 Å². The van der Waals surface area contributed by atoms with E-state index >= 15 is 0 Å². The zero-order valence-electron chi connectivity index (χ0n) is 20.8. The normalized spacial score (nSPS) is 11.9. The van der Waals surface area contributed by atoms with Crippen molar-refractivity contribution in [1.82, 2.24) is 5.32 Å². The average Bonchev–Trinajstić information content (AvgIpc) is 2.88. The fourth-order valence-corrected chi connectivity index (χ4v) is 4.84. The van der Waals surface area contributed by atoms with Crippen molar-refractivity contribution in [3.63, 3.8) is 0 Å². The maximum atomic E-state index is 13.6. The molecule has 0 aliphatic rings. The fraction of sp³-hybridized carbons (Fsp3) is 0.259. The van der Waals surface area contributed by atoms with E-state index in [4.69, 9.17) is 4.74 Å². The van der Waals surface area contributed by atoms with Crippen LogP contribution in [-0.2, 0) is 14.8 Å². The van der Waals surface area contributed by atoms with E-state index in [1.54, 1.807) is 60.7 Å². The van der Waals surface area contributed by atoms with E-state index < -0.39 is 22.5 Å². The summed E-state index contributed by atoms with van der Waals surface area (Å²) < 4.78 is 33.3. The number of hydrogen-bond donors (Lipinski definition) is 2. The minimum absolute atomic E-state index is 0.0185. The minimum Gasteiger partial charge on any atom is -0.497 e. The molecule has 0 aliphatic heterocycles. The second-order valence-corrected chi connectivity index (χ2v) is 10.3. The highest BCUT2D eigenvalue weighted by molar-refractivity contribution is 7.92. The summed E-state index contributed by atoms with van der Waals surface area (Å²) in [4.78, 5) is 25.9. The Hall–Kier alpha value is -3.85. The number of benzene rings is 3. The number of rotatable bonds is 10. The number of carbonyl (C=O) groups excluding carboxylic acids is 2. The summed E-state index contributed by atoms with van der Waals surface area (Å²) in [6.07, 6.45) is 0.759. The molecule has 3 aromatic carbocycles. The Kier molecular flexibility index (Phi) is 8.71. The van der Waals surface area contributed by atoms with Gasteiger partial charge < -0.3 is 15.4 Å². The number of amides is 2. The zero-order valence-corrected chi connectivity index (χ0v) is 21.6. The zero-order chi connectivity index (χ0) is 26.3. The molecule has 0 unspecified atom stereocenters. The van der Waals surface area contributed by atoms with Crippen LogP contribution in [0.15, 0.2) is 77.7 Å². The van der Waals surface area contributed by atoms with Crippen molar-refractivity contribution in [3.8, 4) is 5.75 Å². The summed E-state index contributed by atoms with van der Waals surface area (Å²) in [5.74, 6) is -0.390. The smallest absolute Gasteiger partial charge is 0.264 e. The molecule has 0 spiro atoms. The van der Waals surface area contributed by atoms with Gasteiger partial charge in [0.05, 0.1) is 28.9 Å². The van der Waals surface area contributed by atoms with Crippen molar-refractivity contribution in [1.29, 1.82) is 0 Å². The molecule has 8 nitrogen and oxygen atoms in total. The summed E-state index contributed by atoms with van der Waals surface area (Å²) in [6, 6.07) is 19.4. The van der Waals surface area contributed by atoms with Gasteiger partial charge in [0.15, 0.2) is 0 Å². The molecule has 36 heavy (non-hydrogen) atoms. The van der Waals surface area contributed by atoms with Crippen LogP contribution in [0.1, 0.15) is 36.2 Å². The summed E-state index contributed by atoms with van der Waals surface area (Å²) in [6.45, 7) is 5.25. The molecule has 0 fully saturated rings. The van der Waals surface area contributed by atoms with Gasteiger partial charge in [-0.05, 0) is 68.8 Å². The van der Waals surface area contributed by atoms with Crippen LogP contribution in [0.4, 0.5) is 11.4 Å². The highest BCUT2D eigenvalue weighted by Crippen LogP contribution is 2.26. The molecular weight excluding hydrogens is 478 g/mol. The molecule has 3 rings (SSSR count). The van der Waals surface area contributed by atoms with Gasteiger partial charge in [0.2, 0.25) is 5.91 Å². The predicted molar refractivity (Wildman–Crippen MR) is 141 cm³/mol. The molecule has 0 saturated carbocycles. The van der Waals surface area contributed by atoms with E-state index in [2.05, 4.69) is 10.6 Å². The number of methoxy groups -OCH3 is 1. The number of nitrogens with one attached hydrogen (secondary N) is 2. The van der Waals surface area contributed by atoms with Crippen molar-refractivity contribution in [2.45, 2.75) is 38.1 Å². The fourth-order valence-electron chi connectivity index (χ4n) is 3.41. The quantitative estimate of drug-likeness (QED) is 0.422. The van der Waals surface area contributed by atoms with Crippen LogP contribution in [0.3, 0.4) is 0 Å². The number of carbonyl (C=O) groups is 2. The van der Waals surface area contributed by atoms with Gasteiger partial charge in [0.25, 0.3) is 15.9 Å². The number of anilines is 2. The topological polar surface area (TPSA) is 105 Å². The third-order valence-electron chi connectivity index (χ3n) is 5.69. The maximum Gasteiger partial charge on any atom is 0.264 e.